The van der Waals surface area contributed by atoms with E-state index in [2.05, 4.69) is 12.2 Å². The van der Waals surface area contributed by atoms with Gasteiger partial charge in [0.2, 0.25) is 5.91 Å². The van der Waals surface area contributed by atoms with Crippen molar-refractivity contribution < 1.29 is 14.3 Å². The molecule has 0 aliphatic carbocycles. The molecule has 0 aromatic heterocycles. The molecule has 4 nitrogen and oxygen atoms in total. The van der Waals surface area contributed by atoms with Crippen LogP contribution in [-0.2, 0) is 11.2 Å². The minimum absolute atomic E-state index is 0.0872. The Labute approximate surface area is 115 Å². The highest BCUT2D eigenvalue weighted by Crippen LogP contribution is 2.27. The first-order valence-corrected chi connectivity index (χ1v) is 6.61. The smallest absolute Gasteiger partial charge is 0.220 e. The third-order valence-corrected chi connectivity index (χ3v) is 3.11. The lowest BCUT2D eigenvalue weighted by Gasteiger charge is -2.12. The van der Waals surface area contributed by atoms with Gasteiger partial charge in [-0.25, -0.2) is 0 Å². The van der Waals surface area contributed by atoms with Crippen molar-refractivity contribution in [3.63, 3.8) is 0 Å². The van der Waals surface area contributed by atoms with Gasteiger partial charge in [0.05, 0.1) is 14.2 Å². The summed E-state index contributed by atoms with van der Waals surface area (Å²) in [6.07, 6.45) is 2.13. The van der Waals surface area contributed by atoms with Crippen molar-refractivity contribution in [2.45, 2.75) is 39.2 Å². The molecular formula is C15H23NO3. The fourth-order valence-corrected chi connectivity index (χ4v) is 1.74. The second-order valence-electron chi connectivity index (χ2n) is 4.57. The van der Waals surface area contributed by atoms with Crippen LogP contribution in [0.5, 0.6) is 11.5 Å². The summed E-state index contributed by atoms with van der Waals surface area (Å²) in [5.74, 6) is 1.49. The van der Waals surface area contributed by atoms with Gasteiger partial charge >= 0.3 is 0 Å². The molecule has 0 spiro atoms. The van der Waals surface area contributed by atoms with Gasteiger partial charge in [-0.2, -0.15) is 0 Å². The summed E-state index contributed by atoms with van der Waals surface area (Å²) in [7, 11) is 3.22. The molecule has 0 aliphatic heterocycles. The number of nitrogens with one attached hydrogen (secondary N) is 1. The van der Waals surface area contributed by atoms with E-state index in [1.165, 1.54) is 0 Å². The van der Waals surface area contributed by atoms with Gasteiger partial charge in [-0.15, -0.1) is 0 Å². The number of carbonyl (C=O) groups is 1. The second kappa shape index (κ2) is 7.67. The maximum absolute atomic E-state index is 11.7. The Bertz CT molecular complexity index is 418. The van der Waals surface area contributed by atoms with Gasteiger partial charge in [-0.05, 0) is 37.5 Å². The number of methoxy groups -OCH3 is 2. The highest BCUT2D eigenvalue weighted by molar-refractivity contribution is 5.76. The quantitative estimate of drug-likeness (QED) is 0.824. The van der Waals surface area contributed by atoms with Crippen LogP contribution in [0.1, 0.15) is 32.3 Å². The van der Waals surface area contributed by atoms with Crippen molar-refractivity contribution in [1.29, 1.82) is 0 Å². The number of aryl methyl sites for hydroxylation is 1. The monoisotopic (exact) mass is 265 g/mol. The summed E-state index contributed by atoms with van der Waals surface area (Å²) in [5, 5.41) is 2.96. The summed E-state index contributed by atoms with van der Waals surface area (Å²) in [6.45, 7) is 4.06. The molecule has 0 radical (unpaired) electrons. The number of ether oxygens (including phenoxy) is 2. The van der Waals surface area contributed by atoms with Crippen LogP contribution in [0, 0.1) is 0 Å². The molecule has 1 atom stereocenters. The molecule has 106 valence electrons. The third-order valence-electron chi connectivity index (χ3n) is 3.11. The molecule has 1 N–H and O–H groups in total. The standard InChI is InChI=1S/C15H23NO3/c1-5-11(2)16-15(17)9-7-12-6-8-13(18-3)14(10-12)19-4/h6,8,10-11H,5,7,9H2,1-4H3,(H,16,17)/t11-/m0/s1. The summed E-state index contributed by atoms with van der Waals surface area (Å²) in [5.41, 5.74) is 1.07. The Morgan fingerprint density at radius 2 is 1.95 bits per heavy atom. The molecule has 4 heteroatoms. The zero-order valence-corrected chi connectivity index (χ0v) is 12.2. The Balaban J connectivity index is 2.56. The first-order chi connectivity index (χ1) is 9.10. The molecule has 1 amide bonds. The minimum atomic E-state index is 0.0872. The maximum Gasteiger partial charge on any atom is 0.220 e. The van der Waals surface area contributed by atoms with Crippen molar-refractivity contribution >= 4 is 5.91 Å². The van der Waals surface area contributed by atoms with Gasteiger partial charge < -0.3 is 14.8 Å². The Kier molecular flexibility index (Phi) is 6.19. The van der Waals surface area contributed by atoms with Crippen molar-refractivity contribution in [2.24, 2.45) is 0 Å². The van der Waals surface area contributed by atoms with Crippen LogP contribution in [0.2, 0.25) is 0 Å². The molecule has 0 unspecified atom stereocenters. The van der Waals surface area contributed by atoms with Crippen molar-refractivity contribution in [3.8, 4) is 11.5 Å². The maximum atomic E-state index is 11.7. The summed E-state index contributed by atoms with van der Waals surface area (Å²) in [6, 6.07) is 5.96. The topological polar surface area (TPSA) is 47.6 Å². The summed E-state index contributed by atoms with van der Waals surface area (Å²) in [4.78, 5) is 11.7. The molecule has 0 aliphatic rings. The average Bonchev–Trinajstić information content (AvgIpc) is 2.44. The van der Waals surface area contributed by atoms with Gasteiger partial charge in [0.25, 0.3) is 0 Å². The Morgan fingerprint density at radius 3 is 2.53 bits per heavy atom. The van der Waals surface area contributed by atoms with E-state index < -0.39 is 0 Å². The highest BCUT2D eigenvalue weighted by atomic mass is 16.5. The van der Waals surface area contributed by atoms with Crippen molar-refractivity contribution in [1.82, 2.24) is 5.32 Å². The van der Waals surface area contributed by atoms with Crippen LogP contribution >= 0.6 is 0 Å². The van der Waals surface area contributed by atoms with E-state index in [9.17, 15) is 4.79 Å². The predicted molar refractivity (Wildman–Crippen MR) is 75.8 cm³/mol. The van der Waals surface area contributed by atoms with Crippen LogP contribution in [0.15, 0.2) is 18.2 Å². The van der Waals surface area contributed by atoms with E-state index in [-0.39, 0.29) is 11.9 Å². The van der Waals surface area contributed by atoms with Gasteiger partial charge in [0.15, 0.2) is 11.5 Å². The van der Waals surface area contributed by atoms with E-state index in [1.807, 2.05) is 25.1 Å². The van der Waals surface area contributed by atoms with E-state index in [1.54, 1.807) is 14.2 Å². The molecule has 0 saturated heterocycles. The molecule has 1 aromatic carbocycles. The first kappa shape index (κ1) is 15.3. The molecule has 0 heterocycles. The van der Waals surface area contributed by atoms with Gasteiger partial charge in [0.1, 0.15) is 0 Å². The number of benzene rings is 1. The van der Waals surface area contributed by atoms with Gasteiger partial charge in [-0.1, -0.05) is 13.0 Å². The van der Waals surface area contributed by atoms with Crippen LogP contribution in [-0.4, -0.2) is 26.2 Å². The first-order valence-electron chi connectivity index (χ1n) is 6.61. The molecule has 19 heavy (non-hydrogen) atoms. The lowest BCUT2D eigenvalue weighted by molar-refractivity contribution is -0.121. The summed E-state index contributed by atoms with van der Waals surface area (Å²) < 4.78 is 10.4. The molecule has 1 aromatic rings. The lowest BCUT2D eigenvalue weighted by Crippen LogP contribution is -2.31. The molecule has 0 fully saturated rings. The Hall–Kier alpha value is -1.71. The van der Waals surface area contributed by atoms with E-state index >= 15 is 0 Å². The van der Waals surface area contributed by atoms with Crippen molar-refractivity contribution in [2.75, 3.05) is 14.2 Å². The fourth-order valence-electron chi connectivity index (χ4n) is 1.74. The zero-order valence-electron chi connectivity index (χ0n) is 12.2. The number of carbonyl (C=O) groups excluding carboxylic acids is 1. The SMILES string of the molecule is CC[C@H](C)NC(=O)CCc1ccc(OC)c(OC)c1. The number of rotatable bonds is 7. The van der Waals surface area contributed by atoms with Crippen LogP contribution in [0.3, 0.4) is 0 Å². The normalized spacial score (nSPS) is 11.8. The zero-order chi connectivity index (χ0) is 14.3. The second-order valence-corrected chi connectivity index (χ2v) is 4.57. The molecule has 0 saturated carbocycles. The van der Waals surface area contributed by atoms with Crippen LogP contribution < -0.4 is 14.8 Å². The number of hydrogen-bond donors (Lipinski definition) is 1. The lowest BCUT2D eigenvalue weighted by atomic mass is 10.1. The number of amides is 1. The molecule has 0 bridgehead atoms. The van der Waals surface area contributed by atoms with Gasteiger partial charge in [-0.3, -0.25) is 4.79 Å². The highest BCUT2D eigenvalue weighted by Gasteiger charge is 2.08. The predicted octanol–water partition coefficient (Wildman–Crippen LogP) is 2.55. The fraction of sp³-hybridized carbons (Fsp3) is 0.533. The number of hydrogen-bond acceptors (Lipinski definition) is 3. The summed E-state index contributed by atoms with van der Waals surface area (Å²) >= 11 is 0. The molecule has 1 rings (SSSR count). The van der Waals surface area contributed by atoms with E-state index in [0.29, 0.717) is 24.3 Å². The minimum Gasteiger partial charge on any atom is -0.493 e. The van der Waals surface area contributed by atoms with Crippen molar-refractivity contribution in [3.05, 3.63) is 23.8 Å². The van der Waals surface area contributed by atoms with Crippen LogP contribution in [0.25, 0.3) is 0 Å². The Morgan fingerprint density at radius 1 is 1.26 bits per heavy atom. The molecular weight excluding hydrogens is 242 g/mol. The largest absolute Gasteiger partial charge is 0.493 e. The van der Waals surface area contributed by atoms with Crippen LogP contribution in [0.4, 0.5) is 0 Å². The van der Waals surface area contributed by atoms with E-state index in [4.69, 9.17) is 9.47 Å². The van der Waals surface area contributed by atoms with Gasteiger partial charge in [0, 0.05) is 12.5 Å². The van der Waals surface area contributed by atoms with E-state index in [0.717, 1.165) is 12.0 Å². The average molecular weight is 265 g/mol. The third kappa shape index (κ3) is 4.81.